The molecule has 6 nitrogen and oxygen atoms in total. The van der Waals surface area contributed by atoms with Gasteiger partial charge in [-0.05, 0) is 42.3 Å². The van der Waals surface area contributed by atoms with E-state index in [0.717, 1.165) is 5.56 Å². The average Bonchev–Trinajstić information content (AvgIpc) is 2.66. The van der Waals surface area contributed by atoms with Gasteiger partial charge in [0, 0.05) is 5.70 Å². The molecule has 0 aromatic heterocycles. The number of benzene rings is 2. The van der Waals surface area contributed by atoms with Gasteiger partial charge < -0.3 is 20.1 Å². The first kappa shape index (κ1) is 18.4. The second-order valence-corrected chi connectivity index (χ2v) is 6.05. The first-order chi connectivity index (χ1) is 13.0. The second-order valence-electron chi connectivity index (χ2n) is 6.05. The van der Waals surface area contributed by atoms with Crippen molar-refractivity contribution < 1.29 is 23.5 Å². The summed E-state index contributed by atoms with van der Waals surface area (Å²) in [7, 11) is 1.57. The van der Waals surface area contributed by atoms with Crippen molar-refractivity contribution in [3.63, 3.8) is 0 Å². The Morgan fingerprint density at radius 1 is 1.19 bits per heavy atom. The molecule has 2 N–H and O–H groups in total. The maximum absolute atomic E-state index is 13.6. The number of hydrogen-bond donors (Lipinski definition) is 2. The zero-order valence-corrected chi connectivity index (χ0v) is 14.9. The number of carbonyl (C=O) groups is 2. The number of esters is 1. The van der Waals surface area contributed by atoms with Crippen LogP contribution in [0.15, 0.2) is 59.8 Å². The first-order valence-electron chi connectivity index (χ1n) is 8.31. The molecule has 2 aromatic carbocycles. The monoisotopic (exact) mass is 370 g/mol. The molecule has 0 saturated heterocycles. The van der Waals surface area contributed by atoms with Gasteiger partial charge in [-0.15, -0.1) is 0 Å². The first-order valence-corrected chi connectivity index (χ1v) is 8.31. The van der Waals surface area contributed by atoms with Crippen molar-refractivity contribution in [3.8, 4) is 5.75 Å². The summed E-state index contributed by atoms with van der Waals surface area (Å²) in [6.45, 7) is 1.67. The van der Waals surface area contributed by atoms with Crippen molar-refractivity contribution >= 4 is 12.0 Å². The van der Waals surface area contributed by atoms with Gasteiger partial charge in [-0.25, -0.2) is 14.0 Å². The topological polar surface area (TPSA) is 76.7 Å². The zero-order valence-electron chi connectivity index (χ0n) is 14.9. The van der Waals surface area contributed by atoms with Gasteiger partial charge in [-0.1, -0.05) is 24.3 Å². The van der Waals surface area contributed by atoms with Crippen LogP contribution in [-0.2, 0) is 16.1 Å². The minimum atomic E-state index is -0.794. The lowest BCUT2D eigenvalue weighted by Crippen LogP contribution is -2.45. The molecular weight excluding hydrogens is 351 g/mol. The molecule has 2 aromatic rings. The molecular formula is C20H19FN2O4. The normalized spacial score (nSPS) is 16.4. The average molecular weight is 370 g/mol. The van der Waals surface area contributed by atoms with Crippen LogP contribution in [0.5, 0.6) is 5.75 Å². The molecule has 1 atom stereocenters. The van der Waals surface area contributed by atoms with E-state index in [9.17, 15) is 14.0 Å². The quantitative estimate of drug-likeness (QED) is 0.793. The summed E-state index contributed by atoms with van der Waals surface area (Å²) in [5.41, 5.74) is 1.85. The van der Waals surface area contributed by atoms with Gasteiger partial charge in [0.05, 0.1) is 18.7 Å². The largest absolute Gasteiger partial charge is 0.497 e. The number of nitrogens with one attached hydrogen (secondary N) is 2. The van der Waals surface area contributed by atoms with Crippen LogP contribution < -0.4 is 15.4 Å². The molecule has 0 spiro atoms. The molecule has 1 aliphatic heterocycles. The predicted octanol–water partition coefficient (Wildman–Crippen LogP) is 3.21. The minimum Gasteiger partial charge on any atom is -0.497 e. The van der Waals surface area contributed by atoms with Crippen molar-refractivity contribution in [2.24, 2.45) is 0 Å². The van der Waals surface area contributed by atoms with Crippen LogP contribution in [0.4, 0.5) is 9.18 Å². The molecule has 7 heteroatoms. The predicted molar refractivity (Wildman–Crippen MR) is 96.3 cm³/mol. The summed E-state index contributed by atoms with van der Waals surface area (Å²) in [6.07, 6.45) is 0. The Hall–Kier alpha value is -3.35. The molecule has 0 saturated carbocycles. The molecule has 1 aliphatic rings. The van der Waals surface area contributed by atoms with Crippen molar-refractivity contribution in [1.82, 2.24) is 10.6 Å². The lowest BCUT2D eigenvalue weighted by Gasteiger charge is -2.28. The molecule has 0 fully saturated rings. The lowest BCUT2D eigenvalue weighted by atomic mass is 9.95. The van der Waals surface area contributed by atoms with Gasteiger partial charge in [-0.2, -0.15) is 0 Å². The van der Waals surface area contributed by atoms with Crippen molar-refractivity contribution in [2.75, 3.05) is 7.11 Å². The number of ether oxygens (including phenoxy) is 2. The second kappa shape index (κ2) is 7.90. The van der Waals surface area contributed by atoms with Crippen molar-refractivity contribution in [2.45, 2.75) is 19.6 Å². The molecule has 3 rings (SSSR count). The third kappa shape index (κ3) is 4.25. The zero-order chi connectivity index (χ0) is 19.4. The Morgan fingerprint density at radius 3 is 2.59 bits per heavy atom. The van der Waals surface area contributed by atoms with Gasteiger partial charge in [0.25, 0.3) is 0 Å². The summed E-state index contributed by atoms with van der Waals surface area (Å²) in [4.78, 5) is 24.5. The van der Waals surface area contributed by atoms with Crippen molar-refractivity contribution in [1.29, 1.82) is 0 Å². The fraction of sp³-hybridized carbons (Fsp3) is 0.200. The fourth-order valence-electron chi connectivity index (χ4n) is 2.85. The van der Waals surface area contributed by atoms with Crippen LogP contribution in [0.3, 0.4) is 0 Å². The summed E-state index contributed by atoms with van der Waals surface area (Å²) < 4.78 is 24.1. The standard InChI is InChI=1S/C20H19FN2O4/c1-12-17(19(24)27-11-13-6-8-16(26-2)9-7-13)18(23-20(25)22-12)14-4-3-5-15(21)10-14/h3-10,18H,11H2,1-2H3,(H2,22,23,25). The molecule has 140 valence electrons. The Kier molecular flexibility index (Phi) is 5.40. The van der Waals surface area contributed by atoms with E-state index in [1.54, 1.807) is 44.4 Å². The highest BCUT2D eigenvalue weighted by molar-refractivity contribution is 5.95. The van der Waals surface area contributed by atoms with E-state index >= 15 is 0 Å². The highest BCUT2D eigenvalue weighted by Crippen LogP contribution is 2.28. The number of rotatable bonds is 5. The van der Waals surface area contributed by atoms with E-state index in [2.05, 4.69) is 10.6 Å². The van der Waals surface area contributed by atoms with Crippen LogP contribution >= 0.6 is 0 Å². The Balaban J connectivity index is 1.80. The third-order valence-electron chi connectivity index (χ3n) is 4.20. The number of allylic oxidation sites excluding steroid dienone is 1. The molecule has 1 heterocycles. The number of hydrogen-bond acceptors (Lipinski definition) is 4. The summed E-state index contributed by atoms with van der Waals surface area (Å²) in [6, 6.07) is 11.6. The third-order valence-corrected chi connectivity index (χ3v) is 4.20. The fourth-order valence-corrected chi connectivity index (χ4v) is 2.85. The number of urea groups is 1. The Morgan fingerprint density at radius 2 is 1.93 bits per heavy atom. The summed E-state index contributed by atoms with van der Waals surface area (Å²) in [5.74, 6) is -0.344. The van der Waals surface area contributed by atoms with Crippen LogP contribution in [0.1, 0.15) is 24.1 Å². The van der Waals surface area contributed by atoms with E-state index in [4.69, 9.17) is 9.47 Å². The van der Waals surface area contributed by atoms with Gasteiger partial charge in [0.2, 0.25) is 0 Å². The van der Waals surface area contributed by atoms with E-state index < -0.39 is 23.9 Å². The van der Waals surface area contributed by atoms with Gasteiger partial charge >= 0.3 is 12.0 Å². The molecule has 27 heavy (non-hydrogen) atoms. The molecule has 1 unspecified atom stereocenters. The van der Waals surface area contributed by atoms with Gasteiger partial charge in [0.15, 0.2) is 0 Å². The Labute approximate surface area is 156 Å². The number of amides is 2. The highest BCUT2D eigenvalue weighted by atomic mass is 19.1. The van der Waals surface area contributed by atoms with Gasteiger partial charge in [-0.3, -0.25) is 0 Å². The smallest absolute Gasteiger partial charge is 0.338 e. The van der Waals surface area contributed by atoms with Gasteiger partial charge in [0.1, 0.15) is 18.2 Å². The molecule has 0 radical (unpaired) electrons. The van der Waals surface area contributed by atoms with E-state index in [-0.39, 0.29) is 12.2 Å². The maximum atomic E-state index is 13.6. The lowest BCUT2D eigenvalue weighted by molar-refractivity contribution is -0.140. The van der Waals surface area contributed by atoms with Crippen LogP contribution in [0.2, 0.25) is 0 Å². The highest BCUT2D eigenvalue weighted by Gasteiger charge is 2.32. The van der Waals surface area contributed by atoms with Crippen LogP contribution in [-0.4, -0.2) is 19.1 Å². The maximum Gasteiger partial charge on any atom is 0.338 e. The molecule has 0 aliphatic carbocycles. The van der Waals surface area contributed by atoms with E-state index in [1.807, 2.05) is 0 Å². The number of halogens is 1. The van der Waals surface area contributed by atoms with Crippen LogP contribution in [0.25, 0.3) is 0 Å². The van der Waals surface area contributed by atoms with E-state index in [1.165, 1.54) is 18.2 Å². The number of methoxy groups -OCH3 is 1. The molecule has 2 amide bonds. The summed E-state index contributed by atoms with van der Waals surface area (Å²) in [5, 5.41) is 5.20. The van der Waals surface area contributed by atoms with Crippen molar-refractivity contribution in [3.05, 3.63) is 76.7 Å². The number of carbonyl (C=O) groups excluding carboxylic acids is 2. The van der Waals surface area contributed by atoms with Crippen LogP contribution in [0, 0.1) is 5.82 Å². The molecule has 0 bridgehead atoms. The summed E-state index contributed by atoms with van der Waals surface area (Å²) >= 11 is 0. The minimum absolute atomic E-state index is 0.0590. The van der Waals surface area contributed by atoms with E-state index in [0.29, 0.717) is 17.0 Å². The SMILES string of the molecule is COc1ccc(COC(=O)C2=C(C)NC(=O)NC2c2cccc(F)c2)cc1. The Bertz CT molecular complexity index is 893.